The van der Waals surface area contributed by atoms with Crippen molar-refractivity contribution in [3.05, 3.63) is 35.2 Å². The van der Waals surface area contributed by atoms with Gasteiger partial charge in [-0.05, 0) is 32.3 Å². The summed E-state index contributed by atoms with van der Waals surface area (Å²) in [7, 11) is 0. The molecule has 0 saturated carbocycles. The largest absolute Gasteiger partial charge is 0.268 e. The molecule has 4 aromatic heterocycles. The van der Waals surface area contributed by atoms with Gasteiger partial charge in [0.1, 0.15) is 10.7 Å². The first-order valence-electron chi connectivity index (χ1n) is 8.12. The van der Waals surface area contributed by atoms with E-state index in [0.29, 0.717) is 0 Å². The van der Waals surface area contributed by atoms with Crippen molar-refractivity contribution < 1.29 is 0 Å². The Morgan fingerprint density at radius 1 is 1.29 bits per heavy atom. The zero-order chi connectivity index (χ0) is 16.1. The van der Waals surface area contributed by atoms with Gasteiger partial charge in [0.15, 0.2) is 5.65 Å². The first kappa shape index (κ1) is 13.9. The van der Waals surface area contributed by atoms with Gasteiger partial charge in [0.05, 0.1) is 6.20 Å². The Hall–Kier alpha value is -2.54. The number of fused-ring (bicyclic) bond motifs is 2. The average Bonchev–Trinajstić information content (AvgIpc) is 3.32. The van der Waals surface area contributed by atoms with Crippen LogP contribution in [-0.4, -0.2) is 29.9 Å². The number of nitrogens with one attached hydrogen (secondary N) is 1. The lowest BCUT2D eigenvalue weighted by atomic mass is 9.96. The van der Waals surface area contributed by atoms with Crippen molar-refractivity contribution in [3.63, 3.8) is 0 Å². The Kier molecular flexibility index (Phi) is 3.02. The maximum atomic E-state index is 4.90. The summed E-state index contributed by atoms with van der Waals surface area (Å²) in [5.41, 5.74) is 6.43. The number of pyridine rings is 1. The molecule has 1 aliphatic rings. The third kappa shape index (κ3) is 2.01. The molecule has 0 radical (unpaired) electrons. The molecule has 1 aliphatic heterocycles. The number of hydrogen-bond acceptors (Lipinski definition) is 5. The summed E-state index contributed by atoms with van der Waals surface area (Å²) in [6.07, 6.45) is 7.13. The summed E-state index contributed by atoms with van der Waals surface area (Å²) < 4.78 is 2.16. The van der Waals surface area contributed by atoms with Gasteiger partial charge in [0.25, 0.3) is 0 Å². The highest BCUT2D eigenvalue weighted by Gasteiger charge is 2.25. The van der Waals surface area contributed by atoms with Gasteiger partial charge >= 0.3 is 0 Å². The lowest BCUT2D eigenvalue weighted by Crippen LogP contribution is -2.11. The van der Waals surface area contributed by atoms with E-state index >= 15 is 0 Å². The van der Waals surface area contributed by atoms with Crippen molar-refractivity contribution in [2.45, 2.75) is 32.7 Å². The van der Waals surface area contributed by atoms with E-state index in [1.165, 1.54) is 24.1 Å². The zero-order valence-corrected chi connectivity index (χ0v) is 14.1. The molecule has 0 saturated heterocycles. The van der Waals surface area contributed by atoms with Crippen LogP contribution in [0.4, 0.5) is 0 Å². The number of nitrogens with zero attached hydrogens (tertiary/aromatic N) is 5. The summed E-state index contributed by atoms with van der Waals surface area (Å²) in [4.78, 5) is 9.06. The summed E-state index contributed by atoms with van der Waals surface area (Å²) in [6.45, 7) is 3.00. The van der Waals surface area contributed by atoms with Crippen LogP contribution in [0.2, 0.25) is 0 Å². The van der Waals surface area contributed by atoms with Crippen LogP contribution in [0.25, 0.3) is 32.9 Å². The second kappa shape index (κ2) is 5.24. The summed E-state index contributed by atoms with van der Waals surface area (Å²) >= 11 is 1.63. The van der Waals surface area contributed by atoms with Crippen molar-refractivity contribution in [2.24, 2.45) is 0 Å². The normalized spacial score (nSPS) is 14.2. The Labute approximate surface area is 142 Å². The number of aryl methyl sites for hydroxylation is 2. The van der Waals surface area contributed by atoms with E-state index in [0.717, 1.165) is 46.0 Å². The Morgan fingerprint density at radius 2 is 2.25 bits per heavy atom. The topological polar surface area (TPSA) is 72.3 Å². The molecule has 5 rings (SSSR count). The van der Waals surface area contributed by atoms with Gasteiger partial charge in [0.2, 0.25) is 0 Å². The number of rotatable bonds is 2. The fraction of sp³-hybridized carbons (Fsp3) is 0.294. The third-order valence-electron chi connectivity index (χ3n) is 4.55. The second-order valence-corrected chi connectivity index (χ2v) is 7.03. The number of aromatic amines is 1. The molecule has 0 fully saturated rings. The van der Waals surface area contributed by atoms with E-state index in [2.05, 4.69) is 30.9 Å². The maximum Gasteiger partial charge on any atom is 0.155 e. The quantitative estimate of drug-likeness (QED) is 0.607. The SMILES string of the molecule is Cc1cc(-c2c(-c3nccs3)nn3c2CCCC3)c2cn[nH]c2n1. The number of aromatic nitrogens is 6. The average molecular weight is 336 g/mol. The molecule has 5 heterocycles. The molecule has 120 valence electrons. The first-order chi connectivity index (χ1) is 11.8. The van der Waals surface area contributed by atoms with Gasteiger partial charge in [0, 0.05) is 46.0 Å². The van der Waals surface area contributed by atoms with Crippen LogP contribution >= 0.6 is 11.3 Å². The third-order valence-corrected chi connectivity index (χ3v) is 5.33. The number of hydrogen-bond donors (Lipinski definition) is 1. The fourth-order valence-electron chi connectivity index (χ4n) is 3.53. The van der Waals surface area contributed by atoms with E-state index in [1.54, 1.807) is 11.3 Å². The van der Waals surface area contributed by atoms with Gasteiger partial charge in [-0.25, -0.2) is 9.97 Å². The molecule has 0 amide bonds. The Bertz CT molecular complexity index is 1030. The molecule has 4 aromatic rings. The monoisotopic (exact) mass is 336 g/mol. The van der Waals surface area contributed by atoms with Gasteiger partial charge < -0.3 is 0 Å². The van der Waals surface area contributed by atoms with Crippen molar-refractivity contribution in [3.8, 4) is 21.8 Å². The molecule has 0 atom stereocenters. The van der Waals surface area contributed by atoms with Crippen LogP contribution < -0.4 is 0 Å². The highest BCUT2D eigenvalue weighted by atomic mass is 32.1. The zero-order valence-electron chi connectivity index (χ0n) is 13.3. The maximum absolute atomic E-state index is 4.90. The number of H-pyrrole nitrogens is 1. The lowest BCUT2D eigenvalue weighted by molar-refractivity contribution is 0.487. The predicted octanol–water partition coefficient (Wildman–Crippen LogP) is 3.59. The highest BCUT2D eigenvalue weighted by molar-refractivity contribution is 7.13. The van der Waals surface area contributed by atoms with Crippen LogP contribution in [0.15, 0.2) is 23.8 Å². The van der Waals surface area contributed by atoms with Gasteiger partial charge in [-0.15, -0.1) is 11.3 Å². The van der Waals surface area contributed by atoms with Crippen LogP contribution in [0.5, 0.6) is 0 Å². The van der Waals surface area contributed by atoms with E-state index in [4.69, 9.17) is 5.10 Å². The minimum atomic E-state index is 0.825. The standard InChI is InChI=1S/C17H16N6S/c1-10-8-11(12-9-19-21-16(12)20-10)14-13-4-2-3-6-23(13)22-15(14)17-18-5-7-24-17/h5,7-9H,2-4,6H2,1H3,(H,19,20,21). The van der Waals surface area contributed by atoms with Gasteiger partial charge in [-0.3, -0.25) is 9.78 Å². The molecule has 24 heavy (non-hydrogen) atoms. The van der Waals surface area contributed by atoms with Crippen LogP contribution in [0, 0.1) is 6.92 Å². The minimum Gasteiger partial charge on any atom is -0.268 e. The molecule has 0 aliphatic carbocycles. The molecular formula is C17H16N6S. The Morgan fingerprint density at radius 3 is 3.12 bits per heavy atom. The molecule has 6 nitrogen and oxygen atoms in total. The van der Waals surface area contributed by atoms with Crippen LogP contribution in [0.3, 0.4) is 0 Å². The van der Waals surface area contributed by atoms with Gasteiger partial charge in [-0.2, -0.15) is 10.2 Å². The summed E-state index contributed by atoms with van der Waals surface area (Å²) in [6, 6.07) is 2.14. The molecule has 7 heteroatoms. The Balaban J connectivity index is 1.86. The van der Waals surface area contributed by atoms with Crippen LogP contribution in [-0.2, 0) is 13.0 Å². The molecule has 0 unspecified atom stereocenters. The van der Waals surface area contributed by atoms with E-state index in [1.807, 2.05) is 24.7 Å². The fourth-order valence-corrected chi connectivity index (χ4v) is 4.15. The molecular weight excluding hydrogens is 320 g/mol. The van der Waals surface area contributed by atoms with Gasteiger partial charge in [-0.1, -0.05) is 0 Å². The number of thiazole rings is 1. The van der Waals surface area contributed by atoms with Crippen molar-refractivity contribution in [1.29, 1.82) is 0 Å². The first-order valence-corrected chi connectivity index (χ1v) is 9.00. The van der Waals surface area contributed by atoms with E-state index in [9.17, 15) is 0 Å². The molecule has 0 spiro atoms. The molecule has 0 bridgehead atoms. The predicted molar refractivity (Wildman–Crippen MR) is 93.9 cm³/mol. The summed E-state index contributed by atoms with van der Waals surface area (Å²) in [5.74, 6) is 0. The van der Waals surface area contributed by atoms with Crippen molar-refractivity contribution >= 4 is 22.4 Å². The lowest BCUT2D eigenvalue weighted by Gasteiger charge is -2.15. The minimum absolute atomic E-state index is 0.825. The van der Waals surface area contributed by atoms with Crippen molar-refractivity contribution in [1.82, 2.24) is 29.9 Å². The molecule has 0 aromatic carbocycles. The smallest absolute Gasteiger partial charge is 0.155 e. The second-order valence-electron chi connectivity index (χ2n) is 6.13. The molecule has 1 N–H and O–H groups in total. The summed E-state index contributed by atoms with van der Waals surface area (Å²) in [5, 5.41) is 16.1. The van der Waals surface area contributed by atoms with Crippen LogP contribution in [0.1, 0.15) is 24.2 Å². The highest BCUT2D eigenvalue weighted by Crippen LogP contribution is 2.40. The van der Waals surface area contributed by atoms with E-state index in [-0.39, 0.29) is 0 Å². The van der Waals surface area contributed by atoms with E-state index < -0.39 is 0 Å². The van der Waals surface area contributed by atoms with Crippen molar-refractivity contribution in [2.75, 3.05) is 0 Å².